The first-order chi connectivity index (χ1) is 7.85. The van der Waals surface area contributed by atoms with Crippen molar-refractivity contribution in [3.8, 4) is 5.75 Å². The number of aliphatic hydroxyl groups excluding tert-OH is 1. The fourth-order valence-electron chi connectivity index (χ4n) is 2.16. The molecular weight excluding hydrogens is 202 g/mol. The van der Waals surface area contributed by atoms with Crippen LogP contribution in [0.15, 0.2) is 18.2 Å². The zero-order valence-electron chi connectivity index (χ0n) is 9.70. The summed E-state index contributed by atoms with van der Waals surface area (Å²) in [5, 5.41) is 12.2. The van der Waals surface area contributed by atoms with E-state index in [4.69, 9.17) is 9.84 Å². The van der Waals surface area contributed by atoms with E-state index in [1.165, 1.54) is 11.1 Å². The van der Waals surface area contributed by atoms with Gasteiger partial charge in [-0.25, -0.2) is 0 Å². The van der Waals surface area contributed by atoms with Crippen molar-refractivity contribution in [2.75, 3.05) is 19.8 Å². The van der Waals surface area contributed by atoms with Gasteiger partial charge in [0.1, 0.15) is 5.75 Å². The predicted molar refractivity (Wildman–Crippen MR) is 63.8 cm³/mol. The van der Waals surface area contributed by atoms with Gasteiger partial charge < -0.3 is 15.2 Å². The van der Waals surface area contributed by atoms with Crippen LogP contribution in [0.5, 0.6) is 5.75 Å². The molecule has 16 heavy (non-hydrogen) atoms. The van der Waals surface area contributed by atoms with Crippen molar-refractivity contribution in [2.45, 2.75) is 25.8 Å². The van der Waals surface area contributed by atoms with Crippen LogP contribution in [0.4, 0.5) is 0 Å². The second-order valence-corrected chi connectivity index (χ2v) is 4.10. The third-order valence-electron chi connectivity index (χ3n) is 3.03. The molecule has 2 rings (SSSR count). The Morgan fingerprint density at radius 3 is 3.12 bits per heavy atom. The van der Waals surface area contributed by atoms with Gasteiger partial charge >= 0.3 is 0 Å². The van der Waals surface area contributed by atoms with E-state index < -0.39 is 0 Å². The Morgan fingerprint density at radius 1 is 1.50 bits per heavy atom. The van der Waals surface area contributed by atoms with Crippen LogP contribution >= 0.6 is 0 Å². The van der Waals surface area contributed by atoms with Crippen LogP contribution in [0.1, 0.15) is 30.5 Å². The van der Waals surface area contributed by atoms with E-state index in [1.54, 1.807) is 0 Å². The Kier molecular flexibility index (Phi) is 3.80. The van der Waals surface area contributed by atoms with Crippen LogP contribution < -0.4 is 10.1 Å². The quantitative estimate of drug-likeness (QED) is 0.794. The summed E-state index contributed by atoms with van der Waals surface area (Å²) in [6.07, 6.45) is 2.04. The van der Waals surface area contributed by atoms with E-state index in [-0.39, 0.29) is 6.61 Å². The van der Waals surface area contributed by atoms with Crippen LogP contribution in [0.2, 0.25) is 0 Å². The highest BCUT2D eigenvalue weighted by Crippen LogP contribution is 2.28. The van der Waals surface area contributed by atoms with Gasteiger partial charge in [0, 0.05) is 19.0 Å². The lowest BCUT2D eigenvalue weighted by molar-refractivity contribution is 0.283. The molecular formula is C13H19NO2. The molecule has 0 aromatic heterocycles. The van der Waals surface area contributed by atoms with Gasteiger partial charge in [-0.15, -0.1) is 0 Å². The van der Waals surface area contributed by atoms with E-state index in [1.807, 2.05) is 0 Å². The summed E-state index contributed by atoms with van der Waals surface area (Å²) in [4.78, 5) is 0. The third-order valence-corrected chi connectivity index (χ3v) is 3.03. The molecule has 0 saturated carbocycles. The number of hydrogen-bond acceptors (Lipinski definition) is 3. The topological polar surface area (TPSA) is 41.5 Å². The van der Waals surface area contributed by atoms with Crippen LogP contribution in [-0.4, -0.2) is 24.9 Å². The Balaban J connectivity index is 2.12. The Labute approximate surface area is 96.4 Å². The third kappa shape index (κ3) is 2.36. The van der Waals surface area contributed by atoms with Crippen molar-refractivity contribution < 1.29 is 9.84 Å². The molecule has 0 aliphatic carbocycles. The summed E-state index contributed by atoms with van der Waals surface area (Å²) in [6, 6.07) is 6.72. The summed E-state index contributed by atoms with van der Waals surface area (Å²) in [7, 11) is 0. The Hall–Kier alpha value is -1.06. The normalized spacial score (nSPS) is 15.6. The number of benzene rings is 1. The highest BCUT2D eigenvalue weighted by atomic mass is 16.5. The van der Waals surface area contributed by atoms with Crippen molar-refractivity contribution in [3.63, 3.8) is 0 Å². The summed E-state index contributed by atoms with van der Waals surface area (Å²) < 4.78 is 5.49. The molecule has 1 heterocycles. The van der Waals surface area contributed by atoms with Crippen LogP contribution in [0.25, 0.3) is 0 Å². The first-order valence-corrected chi connectivity index (χ1v) is 5.95. The largest absolute Gasteiger partial charge is 0.493 e. The van der Waals surface area contributed by atoms with Crippen molar-refractivity contribution in [1.82, 2.24) is 5.32 Å². The van der Waals surface area contributed by atoms with Gasteiger partial charge in [0.25, 0.3) is 0 Å². The molecule has 0 amide bonds. The molecule has 3 nitrogen and oxygen atoms in total. The maximum Gasteiger partial charge on any atom is 0.122 e. The molecule has 0 spiro atoms. The molecule has 0 radical (unpaired) electrons. The predicted octanol–water partition coefficient (Wildman–Crippen LogP) is 1.65. The van der Waals surface area contributed by atoms with Crippen molar-refractivity contribution >= 4 is 0 Å². The van der Waals surface area contributed by atoms with Crippen LogP contribution in [0, 0.1) is 0 Å². The maximum absolute atomic E-state index is 8.83. The summed E-state index contributed by atoms with van der Waals surface area (Å²) in [5.74, 6) is 1.03. The summed E-state index contributed by atoms with van der Waals surface area (Å²) >= 11 is 0. The molecule has 2 N–H and O–H groups in total. The van der Waals surface area contributed by atoms with E-state index in [2.05, 4.69) is 30.4 Å². The fraction of sp³-hybridized carbons (Fsp3) is 0.538. The molecule has 0 fully saturated rings. The summed E-state index contributed by atoms with van der Waals surface area (Å²) in [6.45, 7) is 3.79. The Bertz CT molecular complexity index is 352. The van der Waals surface area contributed by atoms with E-state index >= 15 is 0 Å². The number of nitrogens with one attached hydrogen (secondary N) is 1. The molecule has 1 unspecified atom stereocenters. The smallest absolute Gasteiger partial charge is 0.122 e. The molecule has 1 aliphatic rings. The minimum atomic E-state index is 0.185. The molecule has 3 heteroatoms. The fourth-order valence-corrected chi connectivity index (χ4v) is 2.16. The van der Waals surface area contributed by atoms with Gasteiger partial charge in [-0.05, 0) is 23.6 Å². The first-order valence-electron chi connectivity index (χ1n) is 5.95. The van der Waals surface area contributed by atoms with Gasteiger partial charge in [-0.3, -0.25) is 0 Å². The molecule has 88 valence electrons. The lowest BCUT2D eigenvalue weighted by atomic mass is 10.0. The molecule has 0 bridgehead atoms. The number of rotatable bonds is 5. The average molecular weight is 221 g/mol. The zero-order chi connectivity index (χ0) is 11.4. The molecule has 0 saturated heterocycles. The van der Waals surface area contributed by atoms with E-state index in [0.717, 1.165) is 25.2 Å². The number of hydrogen-bond donors (Lipinski definition) is 2. The Morgan fingerprint density at radius 2 is 2.38 bits per heavy atom. The monoisotopic (exact) mass is 221 g/mol. The highest BCUT2D eigenvalue weighted by Gasteiger charge is 2.15. The minimum absolute atomic E-state index is 0.185. The van der Waals surface area contributed by atoms with Crippen molar-refractivity contribution in [3.05, 3.63) is 29.3 Å². The maximum atomic E-state index is 8.83. The molecule has 1 atom stereocenters. The van der Waals surface area contributed by atoms with Crippen LogP contribution in [0.3, 0.4) is 0 Å². The number of ether oxygens (including phenoxy) is 1. The number of aliphatic hydroxyl groups is 1. The van der Waals surface area contributed by atoms with Gasteiger partial charge in [0.2, 0.25) is 0 Å². The lowest BCUT2D eigenvalue weighted by Crippen LogP contribution is -2.23. The van der Waals surface area contributed by atoms with Crippen molar-refractivity contribution in [2.24, 2.45) is 0 Å². The SMILES string of the molecule is CCC(NCCO)c1ccc2c(c1)CCO2. The van der Waals surface area contributed by atoms with Gasteiger partial charge in [-0.2, -0.15) is 0 Å². The molecule has 1 aliphatic heterocycles. The first kappa shape index (κ1) is 11.4. The van der Waals surface area contributed by atoms with Crippen LogP contribution in [-0.2, 0) is 6.42 Å². The molecule has 1 aromatic carbocycles. The minimum Gasteiger partial charge on any atom is -0.493 e. The number of fused-ring (bicyclic) bond motifs is 1. The second kappa shape index (κ2) is 5.32. The summed E-state index contributed by atoms with van der Waals surface area (Å²) in [5.41, 5.74) is 2.60. The zero-order valence-corrected chi connectivity index (χ0v) is 9.70. The van der Waals surface area contributed by atoms with Gasteiger partial charge in [-0.1, -0.05) is 19.1 Å². The molecule has 1 aromatic rings. The van der Waals surface area contributed by atoms with Crippen molar-refractivity contribution in [1.29, 1.82) is 0 Å². The standard InChI is InChI=1S/C13H19NO2/c1-2-12(14-6-7-15)10-3-4-13-11(9-10)5-8-16-13/h3-4,9,12,14-15H,2,5-8H2,1H3. The van der Waals surface area contributed by atoms with Gasteiger partial charge in [0.15, 0.2) is 0 Å². The second-order valence-electron chi connectivity index (χ2n) is 4.10. The lowest BCUT2D eigenvalue weighted by Gasteiger charge is -2.17. The highest BCUT2D eigenvalue weighted by molar-refractivity contribution is 5.40. The average Bonchev–Trinajstić information content (AvgIpc) is 2.77. The van der Waals surface area contributed by atoms with E-state index in [0.29, 0.717) is 12.6 Å². The van der Waals surface area contributed by atoms with E-state index in [9.17, 15) is 0 Å². The van der Waals surface area contributed by atoms with Gasteiger partial charge in [0.05, 0.1) is 13.2 Å².